The monoisotopic (exact) mass is 230 g/mol. The van der Waals surface area contributed by atoms with Crippen LogP contribution < -0.4 is 11.5 Å². The highest BCUT2D eigenvalue weighted by atomic mass is 35.5. The van der Waals surface area contributed by atoms with E-state index < -0.39 is 6.04 Å². The second kappa shape index (κ2) is 4.47. The Hall–Kier alpha value is -0.640. The molecule has 0 aliphatic heterocycles. The summed E-state index contributed by atoms with van der Waals surface area (Å²) in [4.78, 5) is 0. The first-order valence-electron chi connectivity index (χ1n) is 4.79. The topological polar surface area (TPSA) is 52.0 Å². The molecule has 0 saturated carbocycles. The standard InChI is InChI=1S/C11H16ClFN2/c1-11(2,6-14)10(15)8-5-7(12)3-4-9(8)13/h3-5,10H,6,14-15H2,1-2H3. The molecule has 84 valence electrons. The lowest BCUT2D eigenvalue weighted by atomic mass is 9.81. The van der Waals surface area contributed by atoms with E-state index >= 15 is 0 Å². The lowest BCUT2D eigenvalue weighted by Crippen LogP contribution is -2.36. The minimum atomic E-state index is -0.457. The molecule has 1 aromatic carbocycles. The zero-order chi connectivity index (χ0) is 11.6. The second-order valence-corrected chi connectivity index (χ2v) is 4.77. The van der Waals surface area contributed by atoms with Crippen molar-refractivity contribution >= 4 is 11.6 Å². The van der Waals surface area contributed by atoms with Gasteiger partial charge in [-0.15, -0.1) is 0 Å². The van der Waals surface area contributed by atoms with Crippen LogP contribution in [0.2, 0.25) is 5.02 Å². The van der Waals surface area contributed by atoms with Crippen molar-refractivity contribution in [1.29, 1.82) is 0 Å². The van der Waals surface area contributed by atoms with Crippen molar-refractivity contribution in [2.45, 2.75) is 19.9 Å². The average molecular weight is 231 g/mol. The molecular weight excluding hydrogens is 215 g/mol. The highest BCUT2D eigenvalue weighted by Crippen LogP contribution is 2.32. The van der Waals surface area contributed by atoms with Crippen LogP contribution in [0.5, 0.6) is 0 Å². The number of nitrogens with two attached hydrogens (primary N) is 2. The Morgan fingerprint density at radius 2 is 2.07 bits per heavy atom. The molecule has 0 amide bonds. The Balaban J connectivity index is 3.10. The van der Waals surface area contributed by atoms with E-state index in [1.165, 1.54) is 12.1 Å². The molecule has 4 N–H and O–H groups in total. The first-order chi connectivity index (χ1) is 6.88. The van der Waals surface area contributed by atoms with Crippen molar-refractivity contribution < 1.29 is 4.39 Å². The second-order valence-electron chi connectivity index (χ2n) is 4.34. The number of benzene rings is 1. The summed E-state index contributed by atoms with van der Waals surface area (Å²) < 4.78 is 13.5. The zero-order valence-corrected chi connectivity index (χ0v) is 9.68. The van der Waals surface area contributed by atoms with Crippen LogP contribution in [-0.2, 0) is 0 Å². The Labute approximate surface area is 94.4 Å². The van der Waals surface area contributed by atoms with E-state index in [-0.39, 0.29) is 11.2 Å². The Bertz CT molecular complexity index is 352. The van der Waals surface area contributed by atoms with Crippen molar-refractivity contribution in [3.63, 3.8) is 0 Å². The van der Waals surface area contributed by atoms with E-state index in [1.54, 1.807) is 6.07 Å². The van der Waals surface area contributed by atoms with Gasteiger partial charge < -0.3 is 11.5 Å². The highest BCUT2D eigenvalue weighted by Gasteiger charge is 2.28. The summed E-state index contributed by atoms with van der Waals surface area (Å²) in [6.45, 7) is 4.19. The van der Waals surface area contributed by atoms with E-state index in [9.17, 15) is 4.39 Å². The molecule has 0 bridgehead atoms. The number of hydrogen-bond acceptors (Lipinski definition) is 2. The summed E-state index contributed by atoms with van der Waals surface area (Å²) >= 11 is 5.80. The largest absolute Gasteiger partial charge is 0.330 e. The van der Waals surface area contributed by atoms with Crippen LogP contribution in [0.4, 0.5) is 4.39 Å². The summed E-state index contributed by atoms with van der Waals surface area (Å²) in [7, 11) is 0. The molecule has 0 fully saturated rings. The molecule has 0 saturated heterocycles. The lowest BCUT2D eigenvalue weighted by molar-refractivity contribution is 0.295. The Morgan fingerprint density at radius 1 is 1.47 bits per heavy atom. The zero-order valence-electron chi connectivity index (χ0n) is 8.93. The van der Waals surface area contributed by atoms with Gasteiger partial charge >= 0.3 is 0 Å². The SMILES string of the molecule is CC(C)(CN)C(N)c1cc(Cl)ccc1F. The van der Waals surface area contributed by atoms with Crippen LogP contribution in [0.1, 0.15) is 25.5 Å². The van der Waals surface area contributed by atoms with Gasteiger partial charge in [0.2, 0.25) is 0 Å². The first kappa shape index (κ1) is 12.4. The molecule has 1 aromatic rings. The normalized spacial score (nSPS) is 14.0. The molecule has 1 atom stereocenters. The third-order valence-corrected chi connectivity index (χ3v) is 2.90. The highest BCUT2D eigenvalue weighted by molar-refractivity contribution is 6.30. The summed E-state index contributed by atoms with van der Waals surface area (Å²) in [6.07, 6.45) is 0. The molecule has 1 rings (SSSR count). The van der Waals surface area contributed by atoms with Gasteiger partial charge in [0.05, 0.1) is 0 Å². The maximum atomic E-state index is 13.5. The van der Waals surface area contributed by atoms with Crippen molar-refractivity contribution in [2.24, 2.45) is 16.9 Å². The molecular formula is C11H16ClFN2. The molecule has 4 heteroatoms. The van der Waals surface area contributed by atoms with Crippen LogP contribution in [0.3, 0.4) is 0 Å². The molecule has 2 nitrogen and oxygen atoms in total. The van der Waals surface area contributed by atoms with Gasteiger partial charge in [-0.2, -0.15) is 0 Å². The van der Waals surface area contributed by atoms with Gasteiger partial charge in [-0.25, -0.2) is 4.39 Å². The molecule has 0 radical (unpaired) electrons. The molecule has 1 unspecified atom stereocenters. The fourth-order valence-corrected chi connectivity index (χ4v) is 1.48. The van der Waals surface area contributed by atoms with E-state index in [4.69, 9.17) is 23.1 Å². The average Bonchev–Trinajstić information content (AvgIpc) is 2.20. The Morgan fingerprint density at radius 3 is 2.60 bits per heavy atom. The molecule has 0 aromatic heterocycles. The Kier molecular flexibility index (Phi) is 3.71. The molecule has 0 spiro atoms. The summed E-state index contributed by atoms with van der Waals surface area (Å²) in [5, 5.41) is 0.481. The van der Waals surface area contributed by atoms with Crippen LogP contribution in [-0.4, -0.2) is 6.54 Å². The maximum absolute atomic E-state index is 13.5. The quantitative estimate of drug-likeness (QED) is 0.838. The lowest BCUT2D eigenvalue weighted by Gasteiger charge is -2.30. The number of halogens is 2. The molecule has 15 heavy (non-hydrogen) atoms. The van der Waals surface area contributed by atoms with Gasteiger partial charge in [0.15, 0.2) is 0 Å². The van der Waals surface area contributed by atoms with E-state index in [2.05, 4.69) is 0 Å². The van der Waals surface area contributed by atoms with Gasteiger partial charge in [-0.1, -0.05) is 25.4 Å². The minimum absolute atomic E-state index is 0.339. The van der Waals surface area contributed by atoms with Crippen LogP contribution >= 0.6 is 11.6 Å². The first-order valence-corrected chi connectivity index (χ1v) is 5.17. The number of rotatable bonds is 3. The van der Waals surface area contributed by atoms with E-state index in [0.717, 1.165) is 0 Å². The van der Waals surface area contributed by atoms with Gasteiger partial charge in [-0.3, -0.25) is 0 Å². The molecule has 0 aliphatic rings. The van der Waals surface area contributed by atoms with Gasteiger partial charge in [0.25, 0.3) is 0 Å². The molecule has 0 aliphatic carbocycles. The fourth-order valence-electron chi connectivity index (χ4n) is 1.30. The van der Waals surface area contributed by atoms with Gasteiger partial charge in [0.1, 0.15) is 5.82 Å². The third kappa shape index (κ3) is 2.68. The van der Waals surface area contributed by atoms with Gasteiger partial charge in [-0.05, 0) is 30.2 Å². The summed E-state index contributed by atoms with van der Waals surface area (Å²) in [5.41, 5.74) is 11.6. The summed E-state index contributed by atoms with van der Waals surface area (Å²) in [6, 6.07) is 3.92. The third-order valence-electron chi connectivity index (χ3n) is 2.66. The van der Waals surface area contributed by atoms with E-state index in [0.29, 0.717) is 17.1 Å². The maximum Gasteiger partial charge on any atom is 0.128 e. The molecule has 0 heterocycles. The smallest absolute Gasteiger partial charge is 0.128 e. The summed E-state index contributed by atoms with van der Waals surface area (Å²) in [5.74, 6) is -0.339. The minimum Gasteiger partial charge on any atom is -0.330 e. The van der Waals surface area contributed by atoms with Crippen LogP contribution in [0, 0.1) is 11.2 Å². The predicted molar refractivity (Wildman–Crippen MR) is 61.2 cm³/mol. The predicted octanol–water partition coefficient (Wildman–Crippen LogP) is 2.46. The van der Waals surface area contributed by atoms with Crippen molar-refractivity contribution in [3.05, 3.63) is 34.6 Å². The van der Waals surface area contributed by atoms with Crippen molar-refractivity contribution in [3.8, 4) is 0 Å². The van der Waals surface area contributed by atoms with E-state index in [1.807, 2.05) is 13.8 Å². The van der Waals surface area contributed by atoms with Crippen molar-refractivity contribution in [1.82, 2.24) is 0 Å². The fraction of sp³-hybridized carbons (Fsp3) is 0.455. The number of hydrogen-bond donors (Lipinski definition) is 2. The van der Waals surface area contributed by atoms with Crippen molar-refractivity contribution in [2.75, 3.05) is 6.54 Å². The van der Waals surface area contributed by atoms with Crippen LogP contribution in [0.15, 0.2) is 18.2 Å². The van der Waals surface area contributed by atoms with Gasteiger partial charge in [0, 0.05) is 16.6 Å². The van der Waals surface area contributed by atoms with Crippen LogP contribution in [0.25, 0.3) is 0 Å².